The molecule has 1 heterocycles. The van der Waals surface area contributed by atoms with E-state index in [0.29, 0.717) is 30.1 Å². The highest BCUT2D eigenvalue weighted by Gasteiger charge is 2.30. The van der Waals surface area contributed by atoms with Gasteiger partial charge in [0.25, 0.3) is 0 Å². The number of hydrogen-bond donors (Lipinski definition) is 0. The van der Waals surface area contributed by atoms with Gasteiger partial charge < -0.3 is 23.2 Å². The molecule has 9 heteroatoms. The number of benzene rings is 1. The molecule has 1 aromatic heterocycles. The van der Waals surface area contributed by atoms with Crippen LogP contribution in [0.25, 0.3) is 10.9 Å². The first-order valence-corrected chi connectivity index (χ1v) is 19.4. The van der Waals surface area contributed by atoms with Gasteiger partial charge in [0.05, 0.1) is 17.2 Å². The molecule has 35 heavy (non-hydrogen) atoms. The second kappa shape index (κ2) is 13.0. The molecule has 2 atom stereocenters. The minimum Gasteiger partial charge on any atom is -0.475 e. The Hall–Kier alpha value is -1.79. The van der Waals surface area contributed by atoms with Gasteiger partial charge in [-0.2, -0.15) is 0 Å². The molecule has 7 nitrogen and oxygen atoms in total. The Balaban J connectivity index is 2.23. The van der Waals surface area contributed by atoms with E-state index in [9.17, 15) is 4.79 Å². The van der Waals surface area contributed by atoms with Gasteiger partial charge in [0.1, 0.15) is 19.3 Å². The van der Waals surface area contributed by atoms with Crippen molar-refractivity contribution in [2.24, 2.45) is 0 Å². The number of para-hydroxylation sites is 1. The fourth-order valence-corrected chi connectivity index (χ4v) is 6.23. The van der Waals surface area contributed by atoms with Crippen molar-refractivity contribution in [3.05, 3.63) is 35.9 Å². The van der Waals surface area contributed by atoms with E-state index in [1.165, 1.54) is 0 Å². The topological polar surface area (TPSA) is 70.1 Å². The molecule has 2 unspecified atom stereocenters. The van der Waals surface area contributed by atoms with Crippen LogP contribution in [-0.4, -0.2) is 77.5 Å². The van der Waals surface area contributed by atoms with E-state index in [1.807, 2.05) is 31.2 Å². The van der Waals surface area contributed by atoms with Crippen LogP contribution in [0.4, 0.5) is 0 Å². The van der Waals surface area contributed by atoms with E-state index in [2.05, 4.69) is 63.0 Å². The first-order chi connectivity index (χ1) is 16.3. The van der Waals surface area contributed by atoms with E-state index >= 15 is 0 Å². The summed E-state index contributed by atoms with van der Waals surface area (Å²) in [6.07, 6.45) is -0.343. The Morgan fingerprint density at radius 1 is 1.00 bits per heavy atom. The zero-order valence-corrected chi connectivity index (χ0v) is 25.0. The Morgan fingerprint density at radius 2 is 1.63 bits per heavy atom. The highest BCUT2D eigenvalue weighted by Crippen LogP contribution is 2.24. The Kier molecular flexibility index (Phi) is 10.9. The quantitative estimate of drug-likeness (QED) is 0.238. The largest absolute Gasteiger partial charge is 0.475 e. The second-order valence-corrected chi connectivity index (χ2v) is 19.6. The van der Waals surface area contributed by atoms with Crippen LogP contribution in [0.15, 0.2) is 30.3 Å². The number of fused-ring (bicyclic) bond motifs is 1. The number of carbonyl (C=O) groups is 1. The fourth-order valence-electron chi connectivity index (χ4n) is 3.80. The number of likely N-dealkylation sites (N-methyl/N-ethyl adjacent to an activating group) is 1. The normalized spacial score (nSPS) is 14.2. The number of pyridine rings is 1. The van der Waals surface area contributed by atoms with Crippen LogP contribution >= 0.6 is 0 Å². The zero-order valence-electron chi connectivity index (χ0n) is 23.0. The van der Waals surface area contributed by atoms with Gasteiger partial charge in [-0.15, -0.1) is 0 Å². The van der Waals surface area contributed by atoms with Crippen LogP contribution in [-0.2, 0) is 13.6 Å². The Labute approximate surface area is 213 Å². The lowest BCUT2D eigenvalue weighted by atomic mass is 10.1. The van der Waals surface area contributed by atoms with E-state index in [4.69, 9.17) is 18.3 Å². The van der Waals surface area contributed by atoms with Crippen molar-refractivity contribution in [1.29, 1.82) is 0 Å². The number of esters is 1. The van der Waals surface area contributed by atoms with Gasteiger partial charge in [-0.25, -0.2) is 9.78 Å². The summed E-state index contributed by atoms with van der Waals surface area (Å²) in [6, 6.07) is 9.23. The van der Waals surface area contributed by atoms with Crippen LogP contribution < -0.4 is 4.74 Å². The summed E-state index contributed by atoms with van der Waals surface area (Å²) in [7, 11) is -3.60. The summed E-state index contributed by atoms with van der Waals surface area (Å²) >= 11 is 0. The minimum atomic E-state index is -1.84. The van der Waals surface area contributed by atoms with Gasteiger partial charge >= 0.3 is 5.97 Å². The average Bonchev–Trinajstić information content (AvgIpc) is 2.76. The van der Waals surface area contributed by atoms with Gasteiger partial charge in [-0.3, -0.25) is 0 Å². The molecule has 0 aliphatic heterocycles. The lowest BCUT2D eigenvalue weighted by molar-refractivity contribution is 0.0223. The van der Waals surface area contributed by atoms with Crippen molar-refractivity contribution in [1.82, 2.24) is 9.88 Å². The molecule has 0 spiro atoms. The first kappa shape index (κ1) is 29.4. The zero-order chi connectivity index (χ0) is 26.2. The minimum absolute atomic E-state index is 0.113. The summed E-state index contributed by atoms with van der Waals surface area (Å²) < 4.78 is 24.5. The predicted molar refractivity (Wildman–Crippen MR) is 147 cm³/mol. The summed E-state index contributed by atoms with van der Waals surface area (Å²) in [5.74, 6) is 0.00899. The molecule has 2 rings (SSSR count). The van der Waals surface area contributed by atoms with Gasteiger partial charge in [-0.05, 0) is 65.4 Å². The highest BCUT2D eigenvalue weighted by atomic mass is 28.4. The monoisotopic (exact) mass is 520 g/mol. The molecular formula is C26H44N2O5Si2. The molecule has 0 aliphatic carbocycles. The number of carbonyl (C=O) groups excluding carboxylic acids is 1. The molecule has 0 saturated heterocycles. The molecular weight excluding hydrogens is 476 g/mol. The molecule has 0 fully saturated rings. The molecule has 0 radical (unpaired) electrons. The van der Waals surface area contributed by atoms with Crippen molar-refractivity contribution >= 4 is 33.5 Å². The fraction of sp³-hybridized carbons (Fsp3) is 0.615. The molecule has 2 aromatic rings. The summed E-state index contributed by atoms with van der Waals surface area (Å²) in [6.45, 7) is 22.4. The van der Waals surface area contributed by atoms with Gasteiger partial charge in [0.2, 0.25) is 5.88 Å². The van der Waals surface area contributed by atoms with Crippen LogP contribution in [0.2, 0.25) is 39.3 Å². The number of nitrogens with zero attached hydrogens (tertiary/aromatic N) is 2. The van der Waals surface area contributed by atoms with Crippen LogP contribution in [0, 0.1) is 0 Å². The smallest absolute Gasteiger partial charge is 0.339 e. The van der Waals surface area contributed by atoms with Gasteiger partial charge in [-0.1, -0.05) is 32.0 Å². The molecule has 0 amide bonds. The predicted octanol–water partition coefficient (Wildman–Crippen LogP) is 5.57. The maximum Gasteiger partial charge on any atom is 0.339 e. The second-order valence-electron chi connectivity index (χ2n) is 10.7. The lowest BCUT2D eigenvalue weighted by Gasteiger charge is -2.34. The standard InChI is InChI=1S/C26H44N2O5Si2/c1-10-28(11-2)16-17-30-26(29)22-18-25(27-23-15-13-12-14-21(22)23)31-19-24(33-35(7,8)9)20(3)32-34(4,5)6/h12-15,18,20,24H,10-11,16-17,19H2,1-9H3. The maximum absolute atomic E-state index is 13.0. The number of hydrogen-bond acceptors (Lipinski definition) is 7. The van der Waals surface area contributed by atoms with Gasteiger partial charge in [0.15, 0.2) is 16.6 Å². The molecule has 0 bridgehead atoms. The lowest BCUT2D eigenvalue weighted by Crippen LogP contribution is -2.46. The average molecular weight is 521 g/mol. The van der Waals surface area contributed by atoms with Crippen molar-refractivity contribution in [2.45, 2.75) is 72.3 Å². The first-order valence-electron chi connectivity index (χ1n) is 12.6. The Bertz CT molecular complexity index is 955. The number of ether oxygens (including phenoxy) is 2. The van der Waals surface area contributed by atoms with Crippen molar-refractivity contribution in [3.63, 3.8) is 0 Å². The summed E-state index contributed by atoms with van der Waals surface area (Å²) in [5.41, 5.74) is 1.15. The van der Waals surface area contributed by atoms with Crippen LogP contribution in [0.5, 0.6) is 5.88 Å². The van der Waals surface area contributed by atoms with E-state index in [1.54, 1.807) is 6.07 Å². The maximum atomic E-state index is 13.0. The molecule has 0 saturated carbocycles. The number of rotatable bonds is 14. The Morgan fingerprint density at radius 3 is 2.23 bits per heavy atom. The van der Waals surface area contributed by atoms with E-state index in [0.717, 1.165) is 18.5 Å². The molecule has 0 N–H and O–H groups in total. The summed E-state index contributed by atoms with van der Waals surface area (Å²) in [4.78, 5) is 19.9. The highest BCUT2D eigenvalue weighted by molar-refractivity contribution is 6.70. The van der Waals surface area contributed by atoms with Crippen LogP contribution in [0.1, 0.15) is 31.1 Å². The third-order valence-corrected chi connectivity index (χ3v) is 7.50. The third-order valence-electron chi connectivity index (χ3n) is 5.41. The molecule has 1 aromatic carbocycles. The number of aromatic nitrogens is 1. The van der Waals surface area contributed by atoms with E-state index < -0.39 is 16.6 Å². The third kappa shape index (κ3) is 10.0. The molecule has 196 valence electrons. The van der Waals surface area contributed by atoms with Crippen molar-refractivity contribution < 1.29 is 23.1 Å². The SMILES string of the molecule is CCN(CC)CCOC(=O)c1cc(OCC(O[Si](C)(C)C)C(C)O[Si](C)(C)C)nc2ccccc12. The molecule has 0 aliphatic rings. The van der Waals surface area contributed by atoms with Crippen molar-refractivity contribution in [3.8, 4) is 5.88 Å². The van der Waals surface area contributed by atoms with Crippen LogP contribution in [0.3, 0.4) is 0 Å². The van der Waals surface area contributed by atoms with Gasteiger partial charge in [0, 0.05) is 18.0 Å². The summed E-state index contributed by atoms with van der Waals surface area (Å²) in [5, 5.41) is 0.748. The van der Waals surface area contributed by atoms with E-state index in [-0.39, 0.29) is 24.8 Å². The van der Waals surface area contributed by atoms with Crippen molar-refractivity contribution in [2.75, 3.05) is 32.8 Å².